The lowest BCUT2D eigenvalue weighted by molar-refractivity contribution is -0.121. The van der Waals surface area contributed by atoms with E-state index in [0.29, 0.717) is 17.2 Å². The molecule has 0 bridgehead atoms. The summed E-state index contributed by atoms with van der Waals surface area (Å²) in [7, 11) is 0.859. The predicted molar refractivity (Wildman–Crippen MR) is 128 cm³/mol. The topological polar surface area (TPSA) is 103 Å². The molecule has 0 aromatic heterocycles. The lowest BCUT2D eigenvalue weighted by Gasteiger charge is -2.19. The molecule has 0 spiro atoms. The number of hydrogen-bond acceptors (Lipinski definition) is 6. The number of ether oxygens (including phenoxy) is 3. The number of carbonyl (C=O) groups is 1. The number of carbonyl (C=O) groups excluding carboxylic acids is 1. The van der Waals surface area contributed by atoms with E-state index in [4.69, 9.17) is 14.2 Å². The number of hydrogen-bond donors (Lipinski definition) is 2. The minimum absolute atomic E-state index is 0.00588. The second-order valence-electron chi connectivity index (χ2n) is 8.67. The predicted octanol–water partition coefficient (Wildman–Crippen LogP) is 3.56. The zero-order valence-corrected chi connectivity index (χ0v) is 21.1. The average Bonchev–Trinajstić information content (AvgIpc) is 2.77. The highest BCUT2D eigenvalue weighted by Crippen LogP contribution is 2.39. The fraction of sp³-hybridized carbons (Fsp3) is 0.458. The zero-order chi connectivity index (χ0) is 24.8. The molecule has 0 aliphatic heterocycles. The van der Waals surface area contributed by atoms with Gasteiger partial charge in [-0.15, -0.1) is 0 Å². The van der Waals surface area contributed by atoms with Crippen molar-refractivity contribution in [2.24, 2.45) is 0 Å². The van der Waals surface area contributed by atoms with E-state index in [2.05, 4.69) is 30.8 Å². The van der Waals surface area contributed by atoms with Crippen LogP contribution in [0, 0.1) is 0 Å². The number of amides is 1. The Labute approximate surface area is 196 Å². The van der Waals surface area contributed by atoms with Crippen LogP contribution >= 0.6 is 0 Å². The van der Waals surface area contributed by atoms with Gasteiger partial charge in [-0.3, -0.25) is 4.79 Å². The quantitative estimate of drug-likeness (QED) is 0.541. The maximum absolute atomic E-state index is 12.5. The number of nitrogens with one attached hydrogen (secondary N) is 2. The van der Waals surface area contributed by atoms with E-state index in [-0.39, 0.29) is 35.2 Å². The van der Waals surface area contributed by atoms with E-state index in [9.17, 15) is 13.2 Å². The molecule has 1 unspecified atom stereocenters. The molecular weight excluding hydrogens is 444 g/mol. The Hall–Kier alpha value is -2.78. The van der Waals surface area contributed by atoms with Gasteiger partial charge in [0.1, 0.15) is 0 Å². The minimum atomic E-state index is -3.70. The number of benzene rings is 2. The molecule has 0 aliphatic rings. The molecule has 1 amide bonds. The summed E-state index contributed by atoms with van der Waals surface area (Å²) in [5.41, 5.74) is 1.74. The Bertz CT molecular complexity index is 1030. The van der Waals surface area contributed by atoms with E-state index < -0.39 is 10.0 Å². The van der Waals surface area contributed by atoms with Crippen LogP contribution in [-0.4, -0.2) is 42.2 Å². The summed E-state index contributed by atoms with van der Waals surface area (Å²) in [6, 6.07) is 9.94. The molecule has 8 nitrogen and oxygen atoms in total. The van der Waals surface area contributed by atoms with Gasteiger partial charge >= 0.3 is 0 Å². The second kappa shape index (κ2) is 10.9. The largest absolute Gasteiger partial charge is 0.493 e. The van der Waals surface area contributed by atoms with Gasteiger partial charge < -0.3 is 19.5 Å². The summed E-state index contributed by atoms with van der Waals surface area (Å²) < 4.78 is 43.6. The SMILES string of the molecule is COc1cc(C(C)NC(=O)CCNS(=O)(=O)c2ccc(C(C)(C)C)cc2)cc(OC)c1OC. The number of methoxy groups -OCH3 is 3. The van der Waals surface area contributed by atoms with Crippen LogP contribution in [0.4, 0.5) is 0 Å². The molecule has 0 radical (unpaired) electrons. The van der Waals surface area contributed by atoms with Crippen molar-refractivity contribution in [1.29, 1.82) is 0 Å². The lowest BCUT2D eigenvalue weighted by atomic mass is 9.87. The van der Waals surface area contributed by atoms with Crippen molar-refractivity contribution in [2.75, 3.05) is 27.9 Å². The van der Waals surface area contributed by atoms with Crippen LogP contribution in [0.3, 0.4) is 0 Å². The zero-order valence-electron chi connectivity index (χ0n) is 20.3. The molecule has 0 saturated heterocycles. The molecule has 0 heterocycles. The van der Waals surface area contributed by atoms with Crippen LogP contribution in [0.1, 0.15) is 51.3 Å². The summed E-state index contributed by atoms with van der Waals surface area (Å²) in [6.07, 6.45) is -0.00588. The average molecular weight is 479 g/mol. The van der Waals surface area contributed by atoms with Crippen LogP contribution in [0.25, 0.3) is 0 Å². The Balaban J connectivity index is 1.97. The standard InChI is InChI=1S/C24H34N2O6S/c1-16(17-14-20(30-5)23(32-7)21(15-17)31-6)26-22(27)12-13-25-33(28,29)19-10-8-18(9-11-19)24(2,3)4/h8-11,14-16,25H,12-13H2,1-7H3,(H,26,27). The molecule has 0 saturated carbocycles. The first-order valence-electron chi connectivity index (χ1n) is 10.6. The van der Waals surface area contributed by atoms with Gasteiger partial charge in [-0.05, 0) is 47.7 Å². The van der Waals surface area contributed by atoms with Crippen molar-refractivity contribution in [2.45, 2.75) is 50.5 Å². The minimum Gasteiger partial charge on any atom is -0.493 e. The van der Waals surface area contributed by atoms with Gasteiger partial charge in [-0.25, -0.2) is 13.1 Å². The van der Waals surface area contributed by atoms with Crippen LogP contribution in [0.2, 0.25) is 0 Å². The van der Waals surface area contributed by atoms with E-state index in [1.54, 1.807) is 36.4 Å². The van der Waals surface area contributed by atoms with Gasteiger partial charge in [0.05, 0.1) is 32.3 Å². The Kier molecular flexibility index (Phi) is 8.74. The summed E-state index contributed by atoms with van der Waals surface area (Å²) in [6.45, 7) is 7.99. The van der Waals surface area contributed by atoms with E-state index in [1.165, 1.54) is 21.3 Å². The third kappa shape index (κ3) is 6.85. The highest BCUT2D eigenvalue weighted by molar-refractivity contribution is 7.89. The van der Waals surface area contributed by atoms with Crippen molar-refractivity contribution in [3.05, 3.63) is 47.5 Å². The number of rotatable bonds is 10. The van der Waals surface area contributed by atoms with Gasteiger partial charge in [-0.2, -0.15) is 0 Å². The van der Waals surface area contributed by atoms with Crippen molar-refractivity contribution in [1.82, 2.24) is 10.0 Å². The molecule has 2 aromatic carbocycles. The molecule has 1 atom stereocenters. The number of sulfonamides is 1. The maximum Gasteiger partial charge on any atom is 0.240 e. The first kappa shape index (κ1) is 26.5. The highest BCUT2D eigenvalue weighted by atomic mass is 32.2. The first-order chi connectivity index (χ1) is 15.4. The van der Waals surface area contributed by atoms with Crippen LogP contribution in [-0.2, 0) is 20.2 Å². The van der Waals surface area contributed by atoms with Crippen LogP contribution in [0.5, 0.6) is 17.2 Å². The fourth-order valence-electron chi connectivity index (χ4n) is 3.26. The fourth-order valence-corrected chi connectivity index (χ4v) is 4.30. The molecule has 9 heteroatoms. The van der Waals surface area contributed by atoms with Gasteiger partial charge in [-0.1, -0.05) is 32.9 Å². The van der Waals surface area contributed by atoms with E-state index in [1.807, 2.05) is 6.92 Å². The maximum atomic E-state index is 12.5. The normalized spacial score (nSPS) is 12.7. The second-order valence-corrected chi connectivity index (χ2v) is 10.4. The molecule has 182 valence electrons. The third-order valence-corrected chi connectivity index (χ3v) is 6.72. The van der Waals surface area contributed by atoms with Crippen molar-refractivity contribution in [3.8, 4) is 17.2 Å². The van der Waals surface area contributed by atoms with Crippen LogP contribution in [0.15, 0.2) is 41.3 Å². The van der Waals surface area contributed by atoms with Crippen molar-refractivity contribution < 1.29 is 27.4 Å². The molecule has 2 aromatic rings. The van der Waals surface area contributed by atoms with Gasteiger partial charge in [0.15, 0.2) is 11.5 Å². The first-order valence-corrected chi connectivity index (χ1v) is 12.1. The highest BCUT2D eigenvalue weighted by Gasteiger charge is 2.20. The third-order valence-electron chi connectivity index (χ3n) is 5.24. The molecular formula is C24H34N2O6S. The summed E-state index contributed by atoms with van der Waals surface area (Å²) >= 11 is 0. The van der Waals surface area contributed by atoms with Gasteiger partial charge in [0, 0.05) is 13.0 Å². The molecule has 2 rings (SSSR count). The van der Waals surface area contributed by atoms with E-state index >= 15 is 0 Å². The van der Waals surface area contributed by atoms with Crippen molar-refractivity contribution >= 4 is 15.9 Å². The smallest absolute Gasteiger partial charge is 0.240 e. The van der Waals surface area contributed by atoms with Crippen molar-refractivity contribution in [3.63, 3.8) is 0 Å². The monoisotopic (exact) mass is 478 g/mol. The molecule has 2 N–H and O–H groups in total. The summed E-state index contributed by atoms with van der Waals surface area (Å²) in [5, 5.41) is 2.86. The van der Waals surface area contributed by atoms with Crippen LogP contribution < -0.4 is 24.2 Å². The Morgan fingerprint density at radius 1 is 0.970 bits per heavy atom. The lowest BCUT2D eigenvalue weighted by Crippen LogP contribution is -2.32. The molecule has 0 fully saturated rings. The summed E-state index contributed by atoms with van der Waals surface area (Å²) in [4.78, 5) is 12.6. The molecule has 33 heavy (non-hydrogen) atoms. The summed E-state index contributed by atoms with van der Waals surface area (Å²) in [5.74, 6) is 1.14. The van der Waals surface area contributed by atoms with Gasteiger partial charge in [0.2, 0.25) is 21.7 Å². The van der Waals surface area contributed by atoms with E-state index in [0.717, 1.165) is 11.1 Å². The van der Waals surface area contributed by atoms with Gasteiger partial charge in [0.25, 0.3) is 0 Å². The Morgan fingerprint density at radius 2 is 1.52 bits per heavy atom. The Morgan fingerprint density at radius 3 is 1.97 bits per heavy atom. The molecule has 0 aliphatic carbocycles.